The summed E-state index contributed by atoms with van der Waals surface area (Å²) in [6, 6.07) is 71.1. The number of nitriles is 1. The molecule has 8 heteroatoms. The molecule has 0 saturated carbocycles. The predicted molar refractivity (Wildman–Crippen MR) is 272 cm³/mol. The summed E-state index contributed by atoms with van der Waals surface area (Å²) in [5.74, 6) is 1.54. The van der Waals surface area contributed by atoms with Crippen molar-refractivity contribution < 1.29 is 4.74 Å². The van der Waals surface area contributed by atoms with Crippen LogP contribution in [0.2, 0.25) is 0 Å². The van der Waals surface area contributed by atoms with Crippen LogP contribution in [-0.4, -0.2) is 19.1 Å². The van der Waals surface area contributed by atoms with Crippen molar-refractivity contribution in [2.45, 2.75) is 15.2 Å². The molecule has 8 aromatic carbocycles. The van der Waals surface area contributed by atoms with Gasteiger partial charge in [-0.25, -0.2) is 0 Å². The zero-order chi connectivity index (χ0) is 44.7. The van der Waals surface area contributed by atoms with E-state index in [9.17, 15) is 5.26 Å². The number of fused-ring (bicyclic) bond motifs is 17. The lowest BCUT2D eigenvalue weighted by atomic mass is 9.66. The minimum absolute atomic E-state index is 0.611. The van der Waals surface area contributed by atoms with Crippen LogP contribution in [0, 0.1) is 11.3 Å². The Bertz CT molecular complexity index is 4120. The van der Waals surface area contributed by atoms with E-state index in [1.54, 1.807) is 11.8 Å². The quantitative estimate of drug-likeness (QED) is 0.176. The van der Waals surface area contributed by atoms with Crippen LogP contribution in [0.3, 0.4) is 0 Å². The van der Waals surface area contributed by atoms with Crippen LogP contribution in [0.5, 0.6) is 11.5 Å². The van der Waals surface area contributed by atoms with Crippen LogP contribution in [0.15, 0.2) is 216 Å². The summed E-state index contributed by atoms with van der Waals surface area (Å²) in [6.07, 6.45) is 3.87. The first-order valence-corrected chi connectivity index (χ1v) is 23.5. The van der Waals surface area contributed by atoms with Gasteiger partial charge in [-0.3, -0.25) is 9.97 Å². The highest BCUT2D eigenvalue weighted by atomic mass is 32.2. The first-order valence-electron chi connectivity index (χ1n) is 22.7. The Hall–Kier alpha value is -8.90. The fourth-order valence-corrected chi connectivity index (χ4v) is 12.6. The van der Waals surface area contributed by atoms with E-state index in [2.05, 4.69) is 190 Å². The van der Waals surface area contributed by atoms with Crippen LogP contribution >= 0.6 is 11.8 Å². The Kier molecular flexibility index (Phi) is 7.58. The molecule has 316 valence electrons. The Balaban J connectivity index is 0.956. The molecule has 12 aromatic rings. The summed E-state index contributed by atoms with van der Waals surface area (Å²) in [6.45, 7) is 0. The van der Waals surface area contributed by atoms with E-state index in [0.29, 0.717) is 5.56 Å². The third-order valence-electron chi connectivity index (χ3n) is 14.3. The summed E-state index contributed by atoms with van der Waals surface area (Å²) in [5.41, 5.74) is 15.3. The van der Waals surface area contributed by atoms with Gasteiger partial charge >= 0.3 is 0 Å². The molecule has 2 aliphatic heterocycles. The van der Waals surface area contributed by atoms with Crippen molar-refractivity contribution in [1.82, 2.24) is 19.1 Å². The fourth-order valence-electron chi connectivity index (χ4n) is 11.5. The molecule has 0 amide bonds. The van der Waals surface area contributed by atoms with Crippen molar-refractivity contribution in [3.8, 4) is 40.3 Å². The average Bonchev–Trinajstić information content (AvgIpc) is 4.01. The van der Waals surface area contributed by atoms with Gasteiger partial charge in [0.05, 0.1) is 73.8 Å². The molecule has 1 spiro atoms. The van der Waals surface area contributed by atoms with Crippen LogP contribution in [0.1, 0.15) is 27.8 Å². The molecule has 1 aliphatic carbocycles. The number of para-hydroxylation sites is 5. The minimum Gasteiger partial charge on any atom is -0.457 e. The third-order valence-corrected chi connectivity index (χ3v) is 15.4. The highest BCUT2D eigenvalue weighted by Crippen LogP contribution is 2.62. The second kappa shape index (κ2) is 13.8. The summed E-state index contributed by atoms with van der Waals surface area (Å²) in [4.78, 5) is 15.1. The van der Waals surface area contributed by atoms with Crippen LogP contribution in [0.25, 0.3) is 66.4 Å². The maximum absolute atomic E-state index is 10.2. The molecule has 3 aliphatic rings. The molecule has 6 heterocycles. The van der Waals surface area contributed by atoms with Crippen LogP contribution in [0.4, 0.5) is 17.1 Å². The molecule has 0 radical (unpaired) electrons. The lowest BCUT2D eigenvalue weighted by Crippen LogP contribution is -2.32. The summed E-state index contributed by atoms with van der Waals surface area (Å²) in [5, 5.41) is 14.6. The smallest absolute Gasteiger partial charge is 0.134 e. The number of rotatable bonds is 3. The average molecular weight is 887 g/mol. The molecule has 1 atom stereocenters. The summed E-state index contributed by atoms with van der Waals surface area (Å²) in [7, 11) is 0. The van der Waals surface area contributed by atoms with E-state index in [0.717, 1.165) is 106 Å². The number of benzene rings is 8. The van der Waals surface area contributed by atoms with E-state index < -0.39 is 5.41 Å². The van der Waals surface area contributed by atoms with Gasteiger partial charge in [0.25, 0.3) is 0 Å². The van der Waals surface area contributed by atoms with Crippen molar-refractivity contribution in [2.75, 3.05) is 4.90 Å². The highest BCUT2D eigenvalue weighted by molar-refractivity contribution is 7.99. The van der Waals surface area contributed by atoms with Gasteiger partial charge < -0.3 is 18.8 Å². The Morgan fingerprint density at radius 2 is 1.06 bits per heavy atom. The number of aromatic nitrogens is 4. The van der Waals surface area contributed by atoms with Crippen molar-refractivity contribution in [1.29, 1.82) is 5.26 Å². The van der Waals surface area contributed by atoms with Crippen molar-refractivity contribution in [2.24, 2.45) is 0 Å². The monoisotopic (exact) mass is 886 g/mol. The first kappa shape index (κ1) is 37.3. The number of anilines is 3. The number of nitrogens with zero attached hydrogens (tertiary/aromatic N) is 6. The van der Waals surface area contributed by atoms with Gasteiger partial charge in [-0.2, -0.15) is 5.26 Å². The van der Waals surface area contributed by atoms with Gasteiger partial charge in [0, 0.05) is 71.7 Å². The second-order valence-electron chi connectivity index (χ2n) is 17.6. The molecule has 0 bridgehead atoms. The zero-order valence-corrected chi connectivity index (χ0v) is 36.9. The molecule has 15 rings (SSSR count). The van der Waals surface area contributed by atoms with Gasteiger partial charge in [-0.15, -0.1) is 0 Å². The fraction of sp³-hybridized carbons (Fsp3) is 0.0167. The lowest BCUT2D eigenvalue weighted by Gasteiger charge is -2.39. The molecular formula is C60H34N6OS. The maximum Gasteiger partial charge on any atom is 0.134 e. The number of hydrogen-bond donors (Lipinski definition) is 0. The van der Waals surface area contributed by atoms with E-state index in [-0.39, 0.29) is 0 Å². The van der Waals surface area contributed by atoms with E-state index in [4.69, 9.17) is 14.7 Å². The largest absolute Gasteiger partial charge is 0.457 e. The Labute approximate surface area is 394 Å². The predicted octanol–water partition coefficient (Wildman–Crippen LogP) is 14.9. The molecule has 4 aromatic heterocycles. The van der Waals surface area contributed by atoms with E-state index in [1.807, 2.05) is 36.7 Å². The first-order chi connectivity index (χ1) is 33.7. The van der Waals surface area contributed by atoms with Crippen molar-refractivity contribution >= 4 is 72.4 Å². The van der Waals surface area contributed by atoms with Gasteiger partial charge in [0.15, 0.2) is 0 Å². The molecule has 7 nitrogen and oxygen atoms in total. The minimum atomic E-state index is -0.792. The van der Waals surface area contributed by atoms with Gasteiger partial charge in [0.1, 0.15) is 11.5 Å². The zero-order valence-electron chi connectivity index (χ0n) is 36.1. The molecule has 0 N–H and O–H groups in total. The lowest BCUT2D eigenvalue weighted by molar-refractivity contribution is 0.436. The van der Waals surface area contributed by atoms with Crippen LogP contribution in [-0.2, 0) is 5.41 Å². The van der Waals surface area contributed by atoms with Crippen molar-refractivity contribution in [3.05, 3.63) is 234 Å². The molecular weight excluding hydrogens is 853 g/mol. The summed E-state index contributed by atoms with van der Waals surface area (Å²) < 4.78 is 11.7. The SMILES string of the molecule is N#Cc1ccc2c(c1)c1cc(N3c4ccccc4Sc4ccccc43)ccc1n2-c1ccc2c(c1)Oc1ccccc1C21c2cccnc2-c2ncc(-n3c4ccccc4c4ccccc43)cc21. The number of pyridine rings is 2. The van der Waals surface area contributed by atoms with Gasteiger partial charge in [-0.1, -0.05) is 103 Å². The third kappa shape index (κ3) is 4.92. The van der Waals surface area contributed by atoms with Gasteiger partial charge in [-0.05, 0) is 103 Å². The van der Waals surface area contributed by atoms with Gasteiger partial charge in [0.2, 0.25) is 0 Å². The maximum atomic E-state index is 10.2. The topological polar surface area (TPSA) is 71.9 Å². The van der Waals surface area contributed by atoms with Crippen LogP contribution < -0.4 is 9.64 Å². The molecule has 68 heavy (non-hydrogen) atoms. The molecule has 0 fully saturated rings. The Morgan fingerprint density at radius 1 is 0.456 bits per heavy atom. The standard InChI is InChI=1S/C60H34N6OS/c61-34-36-23-27-50-42(30-36)43-31-37(65-52-18-6-9-21-56(52)68-57-22-10-7-19-53(57)65)25-28-51(43)64(50)38-24-26-45-55(33-38)67-54-20-8-3-14-44(54)60(45)46-15-11-29-62-58(46)59-47(60)32-39(35-63-59)66-48-16-4-1-12-40(48)41-13-2-5-17-49(41)66/h1-33,35H. The van der Waals surface area contributed by atoms with E-state index >= 15 is 0 Å². The summed E-state index contributed by atoms with van der Waals surface area (Å²) >= 11 is 1.80. The normalized spacial score (nSPS) is 15.1. The molecule has 0 saturated heterocycles. The van der Waals surface area contributed by atoms with E-state index in [1.165, 1.54) is 20.6 Å². The highest BCUT2D eigenvalue weighted by Gasteiger charge is 2.52. The number of ether oxygens (including phenoxy) is 1. The molecule has 1 unspecified atom stereocenters. The second-order valence-corrected chi connectivity index (χ2v) is 18.7. The Morgan fingerprint density at radius 3 is 1.84 bits per heavy atom. The number of hydrogen-bond acceptors (Lipinski definition) is 6. The van der Waals surface area contributed by atoms with Crippen molar-refractivity contribution in [3.63, 3.8) is 0 Å².